The van der Waals surface area contributed by atoms with E-state index in [-0.39, 0.29) is 0 Å². The Hall–Kier alpha value is 0.110. The lowest BCUT2D eigenvalue weighted by Gasteiger charge is -2.59. The smallest absolute Gasteiger partial charge is 0.0394 e. The number of hydrogen-bond donors (Lipinski definition) is 1. The molecular formula is C17H31NOS. The van der Waals surface area contributed by atoms with Crippen molar-refractivity contribution in [1.29, 1.82) is 0 Å². The molecule has 2 nitrogen and oxygen atoms in total. The van der Waals surface area contributed by atoms with E-state index in [1.54, 1.807) is 0 Å². The third kappa shape index (κ3) is 2.85. The monoisotopic (exact) mass is 297 g/mol. The summed E-state index contributed by atoms with van der Waals surface area (Å²) in [6.07, 6.45) is 8.69. The fourth-order valence-electron chi connectivity index (χ4n) is 5.80. The third-order valence-corrected chi connectivity index (χ3v) is 7.79. The Morgan fingerprint density at radius 1 is 1.05 bits per heavy atom. The molecule has 0 aromatic heterocycles. The number of hydrogen-bond acceptors (Lipinski definition) is 2. The molecule has 2 unspecified atom stereocenters. The van der Waals surface area contributed by atoms with Gasteiger partial charge in [0.25, 0.3) is 0 Å². The highest BCUT2D eigenvalue weighted by molar-refractivity contribution is 7.85. The minimum atomic E-state index is -0.655. The third-order valence-electron chi connectivity index (χ3n) is 6.05. The van der Waals surface area contributed by atoms with Crippen molar-refractivity contribution >= 4 is 10.8 Å². The fraction of sp³-hybridized carbons (Fsp3) is 1.00. The molecule has 4 bridgehead atoms. The van der Waals surface area contributed by atoms with Gasteiger partial charge in [0.05, 0.1) is 0 Å². The van der Waals surface area contributed by atoms with E-state index < -0.39 is 10.8 Å². The Labute approximate surface area is 126 Å². The lowest BCUT2D eigenvalue weighted by molar-refractivity contribution is -0.0683. The summed E-state index contributed by atoms with van der Waals surface area (Å²) in [4.78, 5) is 0. The Kier molecular flexibility index (Phi) is 4.29. The van der Waals surface area contributed by atoms with Crippen molar-refractivity contribution < 1.29 is 4.21 Å². The first-order valence-corrected chi connectivity index (χ1v) is 10.0. The van der Waals surface area contributed by atoms with E-state index in [0.29, 0.717) is 17.4 Å². The lowest BCUT2D eigenvalue weighted by Crippen LogP contribution is -2.57. The zero-order chi connectivity index (χ0) is 14.3. The van der Waals surface area contributed by atoms with Crippen LogP contribution in [0, 0.1) is 29.1 Å². The van der Waals surface area contributed by atoms with Crippen molar-refractivity contribution in [2.24, 2.45) is 29.1 Å². The molecule has 0 spiro atoms. The van der Waals surface area contributed by atoms with Crippen LogP contribution in [-0.2, 0) is 10.8 Å². The van der Waals surface area contributed by atoms with Crippen LogP contribution in [0.5, 0.6) is 0 Å². The van der Waals surface area contributed by atoms with Crippen molar-refractivity contribution in [2.75, 3.05) is 18.6 Å². The molecule has 4 saturated carbocycles. The Bertz CT molecular complexity index is 344. The van der Waals surface area contributed by atoms with Crippen LogP contribution in [0.1, 0.15) is 52.4 Å². The highest BCUT2D eigenvalue weighted by Gasteiger charge is 2.53. The van der Waals surface area contributed by atoms with Crippen LogP contribution in [0.4, 0.5) is 0 Å². The first-order valence-electron chi connectivity index (χ1n) is 8.53. The molecule has 4 aliphatic carbocycles. The van der Waals surface area contributed by atoms with Gasteiger partial charge in [-0.15, -0.1) is 0 Å². The molecule has 2 atom stereocenters. The van der Waals surface area contributed by atoms with Gasteiger partial charge in [-0.05, 0) is 74.7 Å². The average Bonchev–Trinajstić information content (AvgIpc) is 2.33. The molecule has 4 rings (SSSR count). The van der Waals surface area contributed by atoms with E-state index in [1.165, 1.54) is 38.5 Å². The first-order chi connectivity index (χ1) is 9.50. The van der Waals surface area contributed by atoms with Gasteiger partial charge in [-0.2, -0.15) is 0 Å². The van der Waals surface area contributed by atoms with Crippen LogP contribution in [0.15, 0.2) is 0 Å². The van der Waals surface area contributed by atoms with Gasteiger partial charge in [-0.1, -0.05) is 13.8 Å². The Morgan fingerprint density at radius 2 is 1.55 bits per heavy atom. The van der Waals surface area contributed by atoms with Gasteiger partial charge in [-0.3, -0.25) is 4.21 Å². The fourth-order valence-corrected chi connectivity index (χ4v) is 7.57. The second kappa shape index (κ2) is 5.72. The first kappa shape index (κ1) is 15.0. The summed E-state index contributed by atoms with van der Waals surface area (Å²) in [5, 5.41) is 3.57. The van der Waals surface area contributed by atoms with E-state index in [1.807, 2.05) is 0 Å². The van der Waals surface area contributed by atoms with Crippen molar-refractivity contribution in [2.45, 2.75) is 58.4 Å². The maximum atomic E-state index is 12.4. The normalized spacial score (nSPS) is 42.1. The second-order valence-electron chi connectivity index (χ2n) is 8.29. The topological polar surface area (TPSA) is 29.1 Å². The predicted molar refractivity (Wildman–Crippen MR) is 86.2 cm³/mol. The summed E-state index contributed by atoms with van der Waals surface area (Å²) in [5.74, 6) is 5.23. The van der Waals surface area contributed by atoms with Crippen LogP contribution in [0.2, 0.25) is 0 Å². The highest BCUT2D eigenvalue weighted by Crippen LogP contribution is 2.61. The molecule has 0 aliphatic heterocycles. The molecule has 3 heteroatoms. The Balaban J connectivity index is 1.70. The lowest BCUT2D eigenvalue weighted by atomic mass is 9.48. The zero-order valence-corrected chi connectivity index (χ0v) is 14.2. The maximum Gasteiger partial charge on any atom is 0.0394 e. The highest BCUT2D eigenvalue weighted by atomic mass is 32.2. The van der Waals surface area contributed by atoms with E-state index in [2.05, 4.69) is 26.2 Å². The average molecular weight is 298 g/mol. The second-order valence-corrected chi connectivity index (χ2v) is 9.83. The largest absolute Gasteiger partial charge is 0.316 e. The van der Waals surface area contributed by atoms with Gasteiger partial charge in [0.1, 0.15) is 0 Å². The summed E-state index contributed by atoms with van der Waals surface area (Å²) < 4.78 is 12.4. The van der Waals surface area contributed by atoms with Crippen molar-refractivity contribution in [3.05, 3.63) is 0 Å². The summed E-state index contributed by atoms with van der Waals surface area (Å²) in [6.45, 7) is 4.36. The van der Waals surface area contributed by atoms with Gasteiger partial charge in [0.15, 0.2) is 0 Å². The van der Waals surface area contributed by atoms with E-state index >= 15 is 0 Å². The Morgan fingerprint density at radius 3 is 1.95 bits per heavy atom. The van der Waals surface area contributed by atoms with Crippen LogP contribution in [0.3, 0.4) is 0 Å². The molecule has 0 heterocycles. The van der Waals surface area contributed by atoms with Crippen LogP contribution < -0.4 is 5.32 Å². The summed E-state index contributed by atoms with van der Waals surface area (Å²) in [5.41, 5.74) is 0.482. The van der Waals surface area contributed by atoms with Crippen LogP contribution in [0.25, 0.3) is 0 Å². The van der Waals surface area contributed by atoms with Gasteiger partial charge < -0.3 is 5.32 Å². The molecular weight excluding hydrogens is 266 g/mol. The molecule has 1 N–H and O–H groups in total. The molecule has 0 aromatic rings. The van der Waals surface area contributed by atoms with Gasteiger partial charge in [0.2, 0.25) is 0 Å². The van der Waals surface area contributed by atoms with Gasteiger partial charge >= 0.3 is 0 Å². The molecule has 0 aromatic carbocycles. The molecule has 0 saturated heterocycles. The summed E-state index contributed by atoms with van der Waals surface area (Å²) in [7, 11) is 1.44. The summed E-state index contributed by atoms with van der Waals surface area (Å²) in [6, 6.07) is 0.482. The predicted octanol–water partition coefficient (Wildman–Crippen LogP) is 3.20. The molecule has 116 valence electrons. The molecule has 4 aliphatic rings. The zero-order valence-electron chi connectivity index (χ0n) is 13.4. The van der Waals surface area contributed by atoms with Gasteiger partial charge in [0, 0.05) is 28.3 Å². The van der Waals surface area contributed by atoms with Crippen LogP contribution in [-0.4, -0.2) is 28.8 Å². The van der Waals surface area contributed by atoms with E-state index in [9.17, 15) is 4.21 Å². The molecule has 20 heavy (non-hydrogen) atoms. The quantitative estimate of drug-likeness (QED) is 0.816. The maximum absolute atomic E-state index is 12.4. The number of rotatable bonds is 6. The van der Waals surface area contributed by atoms with Gasteiger partial charge in [-0.25, -0.2) is 0 Å². The number of nitrogens with one attached hydrogen (secondary N) is 1. The van der Waals surface area contributed by atoms with Crippen molar-refractivity contribution in [3.8, 4) is 0 Å². The van der Waals surface area contributed by atoms with E-state index in [0.717, 1.165) is 29.3 Å². The van der Waals surface area contributed by atoms with Crippen molar-refractivity contribution in [3.63, 3.8) is 0 Å². The van der Waals surface area contributed by atoms with Crippen molar-refractivity contribution in [1.82, 2.24) is 5.32 Å². The minimum absolute atomic E-state index is 0.482. The molecule has 0 amide bonds. The minimum Gasteiger partial charge on any atom is -0.316 e. The SMILES string of the molecule is CNC(CS(=O)CC(C)C)C12CC3CC(CC(C3)C1)C2. The van der Waals surface area contributed by atoms with Crippen LogP contribution >= 0.6 is 0 Å². The molecule has 0 radical (unpaired) electrons. The van der Waals surface area contributed by atoms with E-state index in [4.69, 9.17) is 0 Å². The summed E-state index contributed by atoms with van der Waals surface area (Å²) >= 11 is 0. The standard InChI is InChI=1S/C17H31NOS/c1-12(2)10-20(19)11-16(18-3)17-7-13-4-14(8-17)6-15(5-13)9-17/h12-16,18H,4-11H2,1-3H3. The molecule has 4 fully saturated rings.